The van der Waals surface area contributed by atoms with Gasteiger partial charge in [-0.05, 0) is 63.8 Å². The second-order valence-corrected chi connectivity index (χ2v) is 9.52. The van der Waals surface area contributed by atoms with E-state index in [1.54, 1.807) is 22.5 Å². The number of halogens is 1. The zero-order valence-electron chi connectivity index (χ0n) is 16.0. The van der Waals surface area contributed by atoms with Crippen LogP contribution in [0.5, 0.6) is 0 Å². The highest BCUT2D eigenvalue weighted by atomic mass is 35.5. The van der Waals surface area contributed by atoms with E-state index in [9.17, 15) is 13.2 Å². The van der Waals surface area contributed by atoms with Crippen molar-refractivity contribution in [2.75, 3.05) is 19.6 Å². The Morgan fingerprint density at radius 1 is 1.22 bits per heavy atom. The largest absolute Gasteiger partial charge is 0.336 e. The summed E-state index contributed by atoms with van der Waals surface area (Å²) >= 11 is 0. The number of hydrogen-bond acceptors (Lipinski definition) is 4. The summed E-state index contributed by atoms with van der Waals surface area (Å²) < 4.78 is 27.7. The molecule has 1 amide bonds. The molecule has 2 aliphatic rings. The molecule has 2 heterocycles. The number of amides is 1. The van der Waals surface area contributed by atoms with Gasteiger partial charge in [0.2, 0.25) is 10.0 Å². The Balaban J connectivity index is 0.00000261. The van der Waals surface area contributed by atoms with E-state index in [4.69, 9.17) is 5.73 Å². The summed E-state index contributed by atoms with van der Waals surface area (Å²) in [7, 11) is -3.58. The Labute approximate surface area is 168 Å². The van der Waals surface area contributed by atoms with Gasteiger partial charge in [-0.3, -0.25) is 4.79 Å². The lowest BCUT2D eigenvalue weighted by molar-refractivity contribution is 0.0743. The van der Waals surface area contributed by atoms with Crippen molar-refractivity contribution in [1.29, 1.82) is 0 Å². The van der Waals surface area contributed by atoms with Gasteiger partial charge in [0.25, 0.3) is 5.91 Å². The molecule has 27 heavy (non-hydrogen) atoms. The summed E-state index contributed by atoms with van der Waals surface area (Å²) in [4.78, 5) is 14.9. The van der Waals surface area contributed by atoms with Crippen molar-refractivity contribution in [2.24, 2.45) is 11.7 Å². The molecule has 3 unspecified atom stereocenters. The second-order valence-electron chi connectivity index (χ2n) is 7.63. The van der Waals surface area contributed by atoms with Gasteiger partial charge in [0.05, 0.1) is 4.90 Å². The minimum atomic E-state index is -3.58. The molecule has 152 valence electrons. The number of carbonyl (C=O) groups is 1. The van der Waals surface area contributed by atoms with E-state index in [2.05, 4.69) is 0 Å². The first kappa shape index (κ1) is 22.1. The summed E-state index contributed by atoms with van der Waals surface area (Å²) in [6, 6.07) is 6.60. The number of nitrogens with zero attached hydrogens (tertiary/aromatic N) is 2. The van der Waals surface area contributed by atoms with Gasteiger partial charge in [-0.15, -0.1) is 12.4 Å². The number of carbonyl (C=O) groups excluding carboxylic acids is 1. The number of nitrogens with two attached hydrogens (primary N) is 1. The second kappa shape index (κ2) is 8.90. The fraction of sp³-hybridized carbons (Fsp3) is 0.632. The molecule has 0 aromatic heterocycles. The Bertz CT molecular complexity index is 771. The van der Waals surface area contributed by atoms with Crippen LogP contribution in [-0.4, -0.2) is 55.2 Å². The van der Waals surface area contributed by atoms with Gasteiger partial charge in [-0.2, -0.15) is 4.31 Å². The van der Waals surface area contributed by atoms with Crippen molar-refractivity contribution in [3.05, 3.63) is 29.8 Å². The fourth-order valence-electron chi connectivity index (χ4n) is 4.12. The van der Waals surface area contributed by atoms with Crippen molar-refractivity contribution < 1.29 is 13.2 Å². The molecule has 6 nitrogen and oxygen atoms in total. The molecule has 3 atom stereocenters. The minimum Gasteiger partial charge on any atom is -0.336 e. The molecule has 0 saturated carbocycles. The van der Waals surface area contributed by atoms with E-state index >= 15 is 0 Å². The van der Waals surface area contributed by atoms with Gasteiger partial charge in [-0.1, -0.05) is 12.5 Å². The maximum atomic E-state index is 13.0. The normalized spacial score (nSPS) is 26.6. The number of benzene rings is 1. The van der Waals surface area contributed by atoms with E-state index in [0.29, 0.717) is 31.1 Å². The molecule has 3 rings (SSSR count). The van der Waals surface area contributed by atoms with Crippen LogP contribution < -0.4 is 5.73 Å². The molecule has 8 heteroatoms. The van der Waals surface area contributed by atoms with Crippen molar-refractivity contribution in [1.82, 2.24) is 9.21 Å². The van der Waals surface area contributed by atoms with E-state index in [1.165, 1.54) is 6.07 Å². The predicted molar refractivity (Wildman–Crippen MR) is 109 cm³/mol. The first-order valence-corrected chi connectivity index (χ1v) is 10.9. The van der Waals surface area contributed by atoms with E-state index in [1.807, 2.05) is 18.7 Å². The van der Waals surface area contributed by atoms with Crippen LogP contribution in [0.25, 0.3) is 0 Å². The van der Waals surface area contributed by atoms with Gasteiger partial charge >= 0.3 is 0 Å². The molecule has 1 aromatic rings. The number of rotatable bonds is 4. The first-order valence-electron chi connectivity index (χ1n) is 9.47. The summed E-state index contributed by atoms with van der Waals surface area (Å²) in [6.45, 7) is 5.71. The van der Waals surface area contributed by atoms with Crippen molar-refractivity contribution >= 4 is 28.3 Å². The zero-order valence-corrected chi connectivity index (χ0v) is 17.6. The first-order chi connectivity index (χ1) is 12.3. The Kier molecular flexibility index (Phi) is 7.30. The average molecular weight is 416 g/mol. The molecule has 0 aliphatic carbocycles. The van der Waals surface area contributed by atoms with Crippen molar-refractivity contribution in [3.63, 3.8) is 0 Å². The molecule has 2 fully saturated rings. The lowest BCUT2D eigenvalue weighted by Crippen LogP contribution is -2.42. The van der Waals surface area contributed by atoms with Crippen LogP contribution in [0.3, 0.4) is 0 Å². The van der Waals surface area contributed by atoms with Crippen molar-refractivity contribution in [2.45, 2.75) is 56.5 Å². The van der Waals surface area contributed by atoms with Gasteiger partial charge < -0.3 is 10.6 Å². The van der Waals surface area contributed by atoms with Crippen LogP contribution in [0.15, 0.2) is 29.2 Å². The van der Waals surface area contributed by atoms with Crippen LogP contribution in [0.2, 0.25) is 0 Å². The van der Waals surface area contributed by atoms with Gasteiger partial charge in [-0.25, -0.2) is 8.42 Å². The van der Waals surface area contributed by atoms with Gasteiger partial charge in [0, 0.05) is 30.7 Å². The van der Waals surface area contributed by atoms with Gasteiger partial charge in [0.15, 0.2) is 0 Å². The molecule has 0 bridgehead atoms. The average Bonchev–Trinajstić information content (AvgIpc) is 3.02. The molecule has 0 spiro atoms. The Morgan fingerprint density at radius 2 is 1.96 bits per heavy atom. The van der Waals surface area contributed by atoms with Crippen LogP contribution >= 0.6 is 12.4 Å². The smallest absolute Gasteiger partial charge is 0.254 e. The van der Waals surface area contributed by atoms with Gasteiger partial charge in [0.1, 0.15) is 0 Å². The quantitative estimate of drug-likeness (QED) is 0.818. The lowest BCUT2D eigenvalue weighted by atomic mass is 10.1. The summed E-state index contributed by atoms with van der Waals surface area (Å²) in [5.74, 6) is 0.201. The highest BCUT2D eigenvalue weighted by Crippen LogP contribution is 2.27. The van der Waals surface area contributed by atoms with E-state index in [-0.39, 0.29) is 35.3 Å². The summed E-state index contributed by atoms with van der Waals surface area (Å²) in [5, 5.41) is 0. The van der Waals surface area contributed by atoms with Crippen LogP contribution in [0.4, 0.5) is 0 Å². The number of piperidine rings is 1. The molecule has 2 saturated heterocycles. The predicted octanol–water partition coefficient (Wildman–Crippen LogP) is 2.48. The Hall–Kier alpha value is -1.15. The van der Waals surface area contributed by atoms with E-state index < -0.39 is 10.0 Å². The summed E-state index contributed by atoms with van der Waals surface area (Å²) in [5.41, 5.74) is 6.18. The molecule has 0 radical (unpaired) electrons. The maximum absolute atomic E-state index is 13.0. The number of sulfonamides is 1. The minimum absolute atomic E-state index is 0. The lowest BCUT2D eigenvalue weighted by Gasteiger charge is -2.32. The van der Waals surface area contributed by atoms with Crippen LogP contribution in [-0.2, 0) is 10.0 Å². The Morgan fingerprint density at radius 3 is 2.59 bits per heavy atom. The summed E-state index contributed by atoms with van der Waals surface area (Å²) in [6.07, 6.45) is 3.71. The maximum Gasteiger partial charge on any atom is 0.254 e. The molecule has 2 N–H and O–H groups in total. The highest BCUT2D eigenvalue weighted by Gasteiger charge is 2.34. The zero-order chi connectivity index (χ0) is 18.9. The molecular weight excluding hydrogens is 386 g/mol. The van der Waals surface area contributed by atoms with Crippen LogP contribution in [0.1, 0.15) is 49.9 Å². The third kappa shape index (κ3) is 4.47. The van der Waals surface area contributed by atoms with Crippen LogP contribution in [0, 0.1) is 5.92 Å². The third-order valence-corrected chi connectivity index (χ3v) is 7.69. The van der Waals surface area contributed by atoms with E-state index in [0.717, 1.165) is 25.7 Å². The molecule has 1 aromatic carbocycles. The number of likely N-dealkylation sites (tertiary alicyclic amines) is 1. The third-order valence-electron chi connectivity index (χ3n) is 5.69. The molecular formula is C19H30ClN3O3S. The SMILES string of the molecule is CC1CC(CN)CN1C(=O)c1cccc(S(=O)(=O)N2CCCCC2C)c1.Cl. The topological polar surface area (TPSA) is 83.7 Å². The highest BCUT2D eigenvalue weighted by molar-refractivity contribution is 7.89. The fourth-order valence-corrected chi connectivity index (χ4v) is 5.86. The van der Waals surface area contributed by atoms with Crippen molar-refractivity contribution in [3.8, 4) is 0 Å². The molecule has 2 aliphatic heterocycles. The monoisotopic (exact) mass is 415 g/mol. The number of hydrogen-bond donors (Lipinski definition) is 1. The standard InChI is InChI=1S/C19H29N3O3S.ClH/c1-14-6-3-4-9-22(14)26(24,25)18-8-5-7-17(11-18)19(23)21-13-16(12-20)10-15(21)2;/h5,7-8,11,14-16H,3-4,6,9-10,12-13,20H2,1-2H3;1H.